The van der Waals surface area contributed by atoms with Gasteiger partial charge in [0.1, 0.15) is 11.4 Å². The average molecular weight is 315 g/mol. The Morgan fingerprint density at radius 1 is 1.09 bits per heavy atom. The van der Waals surface area contributed by atoms with Crippen LogP contribution in [0.25, 0.3) is 0 Å². The first-order valence-electron chi connectivity index (χ1n) is 7.36. The third-order valence-corrected chi connectivity index (χ3v) is 4.02. The number of aryl methyl sites for hydroxylation is 2. The van der Waals surface area contributed by atoms with E-state index in [0.717, 1.165) is 11.1 Å². The Kier molecular flexibility index (Phi) is 4.89. The lowest BCUT2D eigenvalue weighted by atomic mass is 10.1. The van der Waals surface area contributed by atoms with Gasteiger partial charge in [0.15, 0.2) is 6.61 Å². The lowest BCUT2D eigenvalue weighted by Crippen LogP contribution is -2.14. The molecule has 1 aromatic carbocycles. The maximum absolute atomic E-state index is 12.5. The maximum atomic E-state index is 12.5. The summed E-state index contributed by atoms with van der Waals surface area (Å²) in [4.78, 5) is 27.1. The molecule has 0 amide bonds. The quantitative estimate of drug-likeness (QED) is 0.679. The Hall–Kier alpha value is -2.56. The zero-order valence-electron chi connectivity index (χ0n) is 14.1. The summed E-state index contributed by atoms with van der Waals surface area (Å²) >= 11 is 0. The second-order valence-electron chi connectivity index (χ2n) is 5.53. The van der Waals surface area contributed by atoms with Crippen LogP contribution >= 0.6 is 0 Å². The number of carbonyl (C=O) groups excluding carboxylic acids is 2. The number of hydrogen-bond donors (Lipinski definition) is 1. The van der Waals surface area contributed by atoms with Crippen LogP contribution in [-0.2, 0) is 4.74 Å². The van der Waals surface area contributed by atoms with Gasteiger partial charge in [0.2, 0.25) is 5.78 Å². The molecule has 5 nitrogen and oxygen atoms in total. The van der Waals surface area contributed by atoms with Gasteiger partial charge in [-0.15, -0.1) is 0 Å². The molecule has 122 valence electrons. The Morgan fingerprint density at radius 2 is 1.78 bits per heavy atom. The second kappa shape index (κ2) is 6.69. The third kappa shape index (κ3) is 3.28. The van der Waals surface area contributed by atoms with Crippen LogP contribution in [-0.4, -0.2) is 30.5 Å². The molecule has 0 saturated carbocycles. The van der Waals surface area contributed by atoms with Gasteiger partial charge in [0.05, 0.1) is 7.11 Å². The van der Waals surface area contributed by atoms with E-state index >= 15 is 0 Å². The standard InChI is InChI=1S/C18H21NO4/c1-10-7-6-8-15(11(10)2)23-9-14(20)16-12(3)17(18(21)22-5)19-13(16)4/h6-8,19H,9H2,1-5H3. The van der Waals surface area contributed by atoms with Gasteiger partial charge < -0.3 is 14.5 Å². The molecule has 0 spiro atoms. The third-order valence-electron chi connectivity index (χ3n) is 4.02. The van der Waals surface area contributed by atoms with Crippen LogP contribution < -0.4 is 4.74 Å². The van der Waals surface area contributed by atoms with Crippen LogP contribution in [0.1, 0.15) is 43.2 Å². The van der Waals surface area contributed by atoms with Crippen molar-refractivity contribution in [2.75, 3.05) is 13.7 Å². The number of ether oxygens (including phenoxy) is 2. The van der Waals surface area contributed by atoms with Crippen LogP contribution in [0.5, 0.6) is 5.75 Å². The summed E-state index contributed by atoms with van der Waals surface area (Å²) < 4.78 is 10.4. The van der Waals surface area contributed by atoms with Crippen molar-refractivity contribution in [1.82, 2.24) is 4.98 Å². The molecule has 0 saturated heterocycles. The molecule has 0 radical (unpaired) electrons. The first-order valence-corrected chi connectivity index (χ1v) is 7.36. The Morgan fingerprint density at radius 3 is 2.43 bits per heavy atom. The number of esters is 1. The number of hydrogen-bond acceptors (Lipinski definition) is 4. The van der Waals surface area contributed by atoms with Crippen LogP contribution in [0.4, 0.5) is 0 Å². The number of methoxy groups -OCH3 is 1. The predicted octanol–water partition coefficient (Wildman–Crippen LogP) is 3.30. The molecule has 0 unspecified atom stereocenters. The summed E-state index contributed by atoms with van der Waals surface area (Å²) in [6.07, 6.45) is 0. The van der Waals surface area contributed by atoms with Crippen LogP contribution in [0.2, 0.25) is 0 Å². The fraction of sp³-hybridized carbons (Fsp3) is 0.333. The highest BCUT2D eigenvalue weighted by molar-refractivity contribution is 6.03. The van der Waals surface area contributed by atoms with Gasteiger partial charge in [-0.05, 0) is 50.5 Å². The molecule has 23 heavy (non-hydrogen) atoms. The second-order valence-corrected chi connectivity index (χ2v) is 5.53. The number of H-pyrrole nitrogens is 1. The maximum Gasteiger partial charge on any atom is 0.354 e. The van der Waals surface area contributed by atoms with E-state index in [2.05, 4.69) is 4.98 Å². The van der Waals surface area contributed by atoms with Crippen molar-refractivity contribution in [3.8, 4) is 5.75 Å². The molecule has 5 heteroatoms. The largest absolute Gasteiger partial charge is 0.485 e. The number of benzene rings is 1. The van der Waals surface area contributed by atoms with Crippen molar-refractivity contribution in [1.29, 1.82) is 0 Å². The molecule has 0 aliphatic heterocycles. The summed E-state index contributed by atoms with van der Waals surface area (Å²) in [7, 11) is 1.31. The number of aromatic amines is 1. The fourth-order valence-corrected chi connectivity index (χ4v) is 2.57. The van der Waals surface area contributed by atoms with E-state index in [9.17, 15) is 9.59 Å². The van der Waals surface area contributed by atoms with E-state index in [0.29, 0.717) is 28.3 Å². The minimum atomic E-state index is -0.486. The lowest BCUT2D eigenvalue weighted by molar-refractivity contribution is 0.0594. The van der Waals surface area contributed by atoms with Crippen molar-refractivity contribution in [3.63, 3.8) is 0 Å². The van der Waals surface area contributed by atoms with Gasteiger partial charge in [0.25, 0.3) is 0 Å². The van der Waals surface area contributed by atoms with E-state index in [4.69, 9.17) is 9.47 Å². The molecule has 2 rings (SSSR count). The summed E-state index contributed by atoms with van der Waals surface area (Å²) in [6, 6.07) is 5.73. The Bertz CT molecular complexity index is 759. The van der Waals surface area contributed by atoms with Gasteiger partial charge >= 0.3 is 5.97 Å². The molecule has 0 fully saturated rings. The fourth-order valence-electron chi connectivity index (χ4n) is 2.57. The first-order chi connectivity index (χ1) is 10.9. The topological polar surface area (TPSA) is 68.4 Å². The van der Waals surface area contributed by atoms with Gasteiger partial charge in [-0.2, -0.15) is 0 Å². The molecule has 1 heterocycles. The molecule has 0 bridgehead atoms. The van der Waals surface area contributed by atoms with Gasteiger partial charge in [-0.3, -0.25) is 4.79 Å². The van der Waals surface area contributed by atoms with E-state index in [1.165, 1.54) is 7.11 Å². The summed E-state index contributed by atoms with van der Waals surface area (Å²) in [5.74, 6) is 0.0322. The summed E-state index contributed by atoms with van der Waals surface area (Å²) in [5.41, 5.74) is 4.13. The monoisotopic (exact) mass is 315 g/mol. The zero-order valence-corrected chi connectivity index (χ0v) is 14.1. The van der Waals surface area contributed by atoms with Crippen molar-refractivity contribution in [2.24, 2.45) is 0 Å². The van der Waals surface area contributed by atoms with Crippen LogP contribution in [0.15, 0.2) is 18.2 Å². The number of Topliss-reactive ketones (excluding diaryl/α,β-unsaturated/α-hetero) is 1. The van der Waals surface area contributed by atoms with Crippen molar-refractivity contribution >= 4 is 11.8 Å². The molecule has 1 aromatic heterocycles. The lowest BCUT2D eigenvalue weighted by Gasteiger charge is -2.10. The van der Waals surface area contributed by atoms with E-state index < -0.39 is 5.97 Å². The van der Waals surface area contributed by atoms with Gasteiger partial charge in [-0.1, -0.05) is 12.1 Å². The number of carbonyl (C=O) groups is 2. The molecule has 0 aliphatic rings. The SMILES string of the molecule is COC(=O)c1[nH]c(C)c(C(=O)COc2cccc(C)c2C)c1C. The molecule has 2 aromatic rings. The number of aromatic nitrogens is 1. The number of rotatable bonds is 5. The predicted molar refractivity (Wildman–Crippen MR) is 87.3 cm³/mol. The van der Waals surface area contributed by atoms with E-state index in [1.807, 2.05) is 32.0 Å². The zero-order chi connectivity index (χ0) is 17.1. The molecule has 1 N–H and O–H groups in total. The van der Waals surface area contributed by atoms with Crippen LogP contribution in [0, 0.1) is 27.7 Å². The minimum Gasteiger partial charge on any atom is -0.485 e. The Balaban J connectivity index is 2.20. The number of ketones is 1. The molecule has 0 aliphatic carbocycles. The first kappa shape index (κ1) is 16.8. The minimum absolute atomic E-state index is 0.0789. The molecular formula is C18H21NO4. The molecule has 0 atom stereocenters. The van der Waals surface area contributed by atoms with Crippen molar-refractivity contribution in [2.45, 2.75) is 27.7 Å². The van der Waals surface area contributed by atoms with Crippen molar-refractivity contribution < 1.29 is 19.1 Å². The highest BCUT2D eigenvalue weighted by Crippen LogP contribution is 2.22. The summed E-state index contributed by atoms with van der Waals surface area (Å²) in [6.45, 7) is 7.35. The smallest absolute Gasteiger partial charge is 0.354 e. The number of nitrogens with one attached hydrogen (secondary N) is 1. The highest BCUT2D eigenvalue weighted by Gasteiger charge is 2.22. The van der Waals surface area contributed by atoms with Crippen molar-refractivity contribution in [3.05, 3.63) is 51.8 Å². The average Bonchev–Trinajstić information content (AvgIpc) is 2.82. The van der Waals surface area contributed by atoms with Gasteiger partial charge in [0, 0.05) is 11.3 Å². The Labute approximate surface area is 135 Å². The van der Waals surface area contributed by atoms with Gasteiger partial charge in [-0.25, -0.2) is 4.79 Å². The van der Waals surface area contributed by atoms with E-state index in [-0.39, 0.29) is 12.4 Å². The summed E-state index contributed by atoms with van der Waals surface area (Å²) in [5, 5.41) is 0. The molecular weight excluding hydrogens is 294 g/mol. The highest BCUT2D eigenvalue weighted by atomic mass is 16.5. The van der Waals surface area contributed by atoms with Crippen LogP contribution in [0.3, 0.4) is 0 Å². The normalized spacial score (nSPS) is 10.5. The van der Waals surface area contributed by atoms with E-state index in [1.54, 1.807) is 13.8 Å².